The molecule has 2 aromatic heterocycles. The fraction of sp³-hybridized carbons (Fsp3) is 0.361. The number of aromatic nitrogens is 3. The monoisotopic (exact) mass is 653 g/mol. The zero-order valence-corrected chi connectivity index (χ0v) is 27.5. The number of H-pyrrole nitrogens is 2. The molecule has 3 aromatic carbocycles. The molecule has 3 amide bonds. The normalized spacial score (nSPS) is 17.7. The first-order chi connectivity index (χ1) is 22.8. The lowest BCUT2D eigenvalue weighted by Gasteiger charge is -2.38. The molecule has 0 radical (unpaired) electrons. The molecule has 3 N–H and O–H groups in total. The molecular formula is C36H40ClN7O3. The van der Waals surface area contributed by atoms with Gasteiger partial charge >= 0.3 is 11.7 Å². The van der Waals surface area contributed by atoms with Crippen LogP contribution in [0, 0.1) is 5.92 Å². The van der Waals surface area contributed by atoms with E-state index in [1.807, 2.05) is 96.5 Å². The van der Waals surface area contributed by atoms with Gasteiger partial charge in [0.15, 0.2) is 0 Å². The molecule has 1 unspecified atom stereocenters. The largest absolute Gasteiger partial charge is 0.361 e. The van der Waals surface area contributed by atoms with Gasteiger partial charge in [0.05, 0.1) is 11.0 Å². The molecule has 47 heavy (non-hydrogen) atoms. The predicted octanol–water partition coefficient (Wildman–Crippen LogP) is 5.19. The maximum absolute atomic E-state index is 14.6. The van der Waals surface area contributed by atoms with Crippen LogP contribution >= 0.6 is 11.6 Å². The van der Waals surface area contributed by atoms with Gasteiger partial charge in [0.25, 0.3) is 0 Å². The summed E-state index contributed by atoms with van der Waals surface area (Å²) in [7, 11) is 4.07. The first kappa shape index (κ1) is 31.1. The molecule has 1 fully saturated rings. The van der Waals surface area contributed by atoms with Crippen molar-refractivity contribution in [2.24, 2.45) is 5.92 Å². The lowest BCUT2D eigenvalue weighted by molar-refractivity contribution is -0.120. The molecule has 0 spiro atoms. The van der Waals surface area contributed by atoms with Crippen LogP contribution < -0.4 is 15.9 Å². The molecule has 0 aliphatic carbocycles. The Kier molecular flexibility index (Phi) is 8.55. The third-order valence-electron chi connectivity index (χ3n) is 9.64. The summed E-state index contributed by atoms with van der Waals surface area (Å²) in [4.78, 5) is 53.3. The number of nitrogens with zero attached hydrogens (tertiary/aromatic N) is 4. The van der Waals surface area contributed by atoms with Gasteiger partial charge in [0, 0.05) is 66.5 Å². The number of amides is 3. The number of imidazole rings is 1. The van der Waals surface area contributed by atoms with E-state index in [0.717, 1.165) is 51.7 Å². The zero-order valence-electron chi connectivity index (χ0n) is 26.7. The number of fused-ring (bicyclic) bond motifs is 3. The molecule has 244 valence electrons. The minimum absolute atomic E-state index is 0.0189. The first-order valence-electron chi connectivity index (χ1n) is 16.3. The number of hydrogen-bond acceptors (Lipinski definition) is 4. The van der Waals surface area contributed by atoms with Crippen LogP contribution in [0.25, 0.3) is 21.9 Å². The highest BCUT2D eigenvalue weighted by Crippen LogP contribution is 2.36. The number of piperidine rings is 1. The Hall–Kier alpha value is -4.54. The molecule has 7 rings (SSSR count). The molecule has 1 saturated heterocycles. The van der Waals surface area contributed by atoms with Gasteiger partial charge in [-0.3, -0.25) is 9.36 Å². The number of aromatic amines is 2. The van der Waals surface area contributed by atoms with E-state index >= 15 is 0 Å². The van der Waals surface area contributed by atoms with Crippen molar-refractivity contribution < 1.29 is 9.59 Å². The van der Waals surface area contributed by atoms with Crippen LogP contribution in [-0.4, -0.2) is 82.6 Å². The smallest absolute Gasteiger partial charge is 0.326 e. The second-order valence-electron chi connectivity index (χ2n) is 13.1. The molecule has 4 heterocycles. The highest BCUT2D eigenvalue weighted by atomic mass is 35.5. The number of benzene rings is 3. The highest BCUT2D eigenvalue weighted by molar-refractivity contribution is 6.32. The van der Waals surface area contributed by atoms with Crippen molar-refractivity contribution in [1.29, 1.82) is 0 Å². The minimum Gasteiger partial charge on any atom is -0.361 e. The van der Waals surface area contributed by atoms with E-state index in [4.69, 9.17) is 11.6 Å². The Labute approximate surface area is 278 Å². The summed E-state index contributed by atoms with van der Waals surface area (Å²) in [5, 5.41) is 4.82. The van der Waals surface area contributed by atoms with Gasteiger partial charge in [-0.2, -0.15) is 0 Å². The van der Waals surface area contributed by atoms with Crippen LogP contribution in [0.15, 0.2) is 77.7 Å². The Morgan fingerprint density at radius 2 is 1.74 bits per heavy atom. The number of nitrogens with one attached hydrogen (secondary N) is 3. The van der Waals surface area contributed by atoms with Crippen molar-refractivity contribution in [3.63, 3.8) is 0 Å². The number of likely N-dealkylation sites (tertiary alicyclic amines) is 1. The molecule has 5 aromatic rings. The van der Waals surface area contributed by atoms with E-state index in [2.05, 4.69) is 20.2 Å². The van der Waals surface area contributed by atoms with Crippen LogP contribution in [0.4, 0.5) is 10.5 Å². The average Bonchev–Trinajstić information content (AvgIpc) is 3.63. The average molecular weight is 654 g/mol. The second-order valence-corrected chi connectivity index (χ2v) is 13.5. The van der Waals surface area contributed by atoms with Crippen molar-refractivity contribution in [2.75, 3.05) is 45.2 Å². The van der Waals surface area contributed by atoms with Crippen molar-refractivity contribution in [1.82, 2.24) is 29.7 Å². The van der Waals surface area contributed by atoms with Crippen LogP contribution in [0.5, 0.6) is 0 Å². The molecule has 2 aliphatic heterocycles. The second kappa shape index (κ2) is 12.9. The minimum atomic E-state index is -0.805. The van der Waals surface area contributed by atoms with Crippen LogP contribution in [0.2, 0.25) is 5.02 Å². The fourth-order valence-electron chi connectivity index (χ4n) is 7.47. The van der Waals surface area contributed by atoms with E-state index < -0.39 is 6.04 Å². The van der Waals surface area contributed by atoms with E-state index in [0.29, 0.717) is 43.9 Å². The maximum atomic E-state index is 14.6. The third kappa shape index (κ3) is 6.15. The van der Waals surface area contributed by atoms with Crippen molar-refractivity contribution in [3.8, 4) is 0 Å². The Morgan fingerprint density at radius 1 is 1.00 bits per heavy atom. The van der Waals surface area contributed by atoms with Crippen molar-refractivity contribution in [3.05, 3.63) is 99.6 Å². The number of para-hydroxylation sites is 3. The molecule has 0 bridgehead atoms. The molecule has 0 saturated carbocycles. The van der Waals surface area contributed by atoms with Gasteiger partial charge < -0.3 is 30.0 Å². The van der Waals surface area contributed by atoms with Gasteiger partial charge in [-0.15, -0.1) is 0 Å². The summed E-state index contributed by atoms with van der Waals surface area (Å²) < 4.78 is 1.82. The lowest BCUT2D eigenvalue weighted by Crippen LogP contribution is -2.56. The van der Waals surface area contributed by atoms with Gasteiger partial charge in [-0.1, -0.05) is 48.0 Å². The predicted molar refractivity (Wildman–Crippen MR) is 186 cm³/mol. The molecule has 11 heteroatoms. The summed E-state index contributed by atoms with van der Waals surface area (Å²) in [6.45, 7) is 2.30. The molecular weight excluding hydrogens is 614 g/mol. The van der Waals surface area contributed by atoms with E-state index in [1.165, 1.54) is 0 Å². The molecule has 2 aliphatic rings. The maximum Gasteiger partial charge on any atom is 0.326 e. The summed E-state index contributed by atoms with van der Waals surface area (Å²) in [6.07, 6.45) is 4.32. The number of carbonyl (C=O) groups excluding carboxylic acids is 2. The number of urea groups is 1. The third-order valence-corrected chi connectivity index (χ3v) is 10.00. The van der Waals surface area contributed by atoms with Gasteiger partial charge in [-0.25, -0.2) is 9.59 Å². The fourth-order valence-corrected chi connectivity index (χ4v) is 7.72. The van der Waals surface area contributed by atoms with Crippen molar-refractivity contribution >= 4 is 51.2 Å². The van der Waals surface area contributed by atoms with Crippen molar-refractivity contribution in [2.45, 2.75) is 37.8 Å². The quantitative estimate of drug-likeness (QED) is 0.225. The standard InChI is InChI=1S/C36H40ClN7O3/c1-41(2)21-23-18-27-28(37)9-7-13-32(27)43(22-23)34(45)31(19-24-20-38-29-10-4-3-8-26(24)29)40-35(46)42-16-14-25(15-17-42)44-33-12-6-5-11-30(33)39-36(44)47/h3-13,20,23,25,31,38H,14-19,21-22H2,1-2H3,(H,39,47)(H,40,46)/t23?,31-/m1/s1. The summed E-state index contributed by atoms with van der Waals surface area (Å²) in [5.41, 5.74) is 5.27. The first-order valence-corrected chi connectivity index (χ1v) is 16.7. The van der Waals surface area contributed by atoms with Gasteiger partial charge in [-0.05, 0) is 80.7 Å². The highest BCUT2D eigenvalue weighted by Gasteiger charge is 2.36. The number of anilines is 1. The number of halogens is 1. The van der Waals surface area contributed by atoms with E-state index in [1.54, 1.807) is 4.90 Å². The SMILES string of the molecule is CN(C)CC1Cc2c(Cl)cccc2N(C(=O)[C@@H](Cc2c[nH]c3ccccc23)NC(=O)N2CCC(n3c(=O)[nH]c4ccccc43)CC2)C1. The Morgan fingerprint density at radius 3 is 2.53 bits per heavy atom. The lowest BCUT2D eigenvalue weighted by atomic mass is 9.91. The summed E-state index contributed by atoms with van der Waals surface area (Å²) in [5.74, 6) is 0.0357. The number of hydrogen-bond donors (Lipinski definition) is 3. The van der Waals surface area contributed by atoms with Gasteiger partial charge in [0.1, 0.15) is 6.04 Å². The summed E-state index contributed by atoms with van der Waals surface area (Å²) >= 11 is 6.70. The van der Waals surface area contributed by atoms with Crippen LogP contribution in [-0.2, 0) is 17.6 Å². The zero-order chi connectivity index (χ0) is 32.7. The Balaban J connectivity index is 1.14. The van der Waals surface area contributed by atoms with Crippen LogP contribution in [0.3, 0.4) is 0 Å². The number of rotatable bonds is 7. The van der Waals surface area contributed by atoms with E-state index in [9.17, 15) is 14.4 Å². The number of carbonyl (C=O) groups is 2. The Bertz CT molecular complexity index is 1990. The van der Waals surface area contributed by atoms with Gasteiger partial charge in [0.2, 0.25) is 5.91 Å². The van der Waals surface area contributed by atoms with E-state index in [-0.39, 0.29) is 29.6 Å². The summed E-state index contributed by atoms with van der Waals surface area (Å²) in [6, 6.07) is 20.3. The topological polar surface area (TPSA) is 109 Å². The molecule has 10 nitrogen and oxygen atoms in total. The van der Waals surface area contributed by atoms with Crippen LogP contribution in [0.1, 0.15) is 30.0 Å². The molecule has 2 atom stereocenters.